The summed E-state index contributed by atoms with van der Waals surface area (Å²) in [6.07, 6.45) is 0. The molecule has 0 unspecified atom stereocenters. The first kappa shape index (κ1) is 8.76. The lowest BCUT2D eigenvalue weighted by Crippen LogP contribution is -1.94. The van der Waals surface area contributed by atoms with Crippen LogP contribution in [0.3, 0.4) is 0 Å². The molecule has 0 heterocycles. The van der Waals surface area contributed by atoms with Gasteiger partial charge in [-0.05, 0) is 22.9 Å². The van der Waals surface area contributed by atoms with Gasteiger partial charge in [-0.15, -0.1) is 0 Å². The molecule has 2 nitrogen and oxygen atoms in total. The van der Waals surface area contributed by atoms with Crippen molar-refractivity contribution in [1.82, 2.24) is 0 Å². The number of anilines is 1. The number of benzene rings is 3. The number of hydrogen-bond donors (Lipinski definition) is 1. The van der Waals surface area contributed by atoms with Gasteiger partial charge in [0.05, 0.1) is 0 Å². The minimum atomic E-state index is 0.0918. The first-order valence-corrected chi connectivity index (χ1v) is 5.55. The van der Waals surface area contributed by atoms with E-state index >= 15 is 0 Å². The quantitative estimate of drug-likeness (QED) is 0.365. The molecule has 0 radical (unpaired) electrons. The summed E-state index contributed by atoms with van der Waals surface area (Å²) in [5.41, 5.74) is 6.58. The summed E-state index contributed by atoms with van der Waals surface area (Å²) in [7, 11) is 0. The Morgan fingerprint density at radius 1 is 0.824 bits per heavy atom. The number of nitrogens with two attached hydrogens (primary N) is 1. The van der Waals surface area contributed by atoms with Gasteiger partial charge in [0.2, 0.25) is 0 Å². The third kappa shape index (κ3) is 0.929. The van der Waals surface area contributed by atoms with Crippen LogP contribution in [0, 0.1) is 0 Å². The summed E-state index contributed by atoms with van der Waals surface area (Å²) >= 11 is 0. The number of rotatable bonds is 0. The largest absolute Gasteiger partial charge is 0.399 e. The van der Waals surface area contributed by atoms with Crippen LogP contribution in [0.1, 0.15) is 0 Å². The maximum absolute atomic E-state index is 12.3. The molecule has 0 aliphatic carbocycles. The summed E-state index contributed by atoms with van der Waals surface area (Å²) in [6, 6.07) is 13.6. The van der Waals surface area contributed by atoms with Gasteiger partial charge in [-0.25, -0.2) is 0 Å². The molecule has 0 bridgehead atoms. The summed E-state index contributed by atoms with van der Waals surface area (Å²) in [5, 5.41) is 5.83. The normalized spacial score (nSPS) is 12.0. The van der Waals surface area contributed by atoms with Crippen molar-refractivity contribution in [3.8, 4) is 0 Å². The maximum atomic E-state index is 12.3. The molecule has 0 aromatic heterocycles. The molecule has 0 aliphatic rings. The van der Waals surface area contributed by atoms with Crippen molar-refractivity contribution in [2.45, 2.75) is 0 Å². The highest BCUT2D eigenvalue weighted by atomic mass is 16.1. The number of nitrogen functional groups attached to an aromatic ring is 1. The van der Waals surface area contributed by atoms with Crippen LogP contribution in [-0.2, 0) is 0 Å². The second-order valence-electron chi connectivity index (χ2n) is 4.46. The van der Waals surface area contributed by atoms with Crippen LogP contribution < -0.4 is 11.2 Å². The highest BCUT2D eigenvalue weighted by molar-refractivity contribution is 6.26. The highest BCUT2D eigenvalue weighted by Crippen LogP contribution is 2.34. The Hall–Kier alpha value is -2.35. The average Bonchev–Trinajstić information content (AvgIpc) is 2.62. The molecule has 0 fully saturated rings. The van der Waals surface area contributed by atoms with Gasteiger partial charge >= 0.3 is 0 Å². The Balaban J connectivity index is 2.56. The monoisotopic (exact) mass is 219 g/mol. The van der Waals surface area contributed by atoms with Crippen LogP contribution in [-0.4, -0.2) is 0 Å². The third-order valence-electron chi connectivity index (χ3n) is 3.47. The summed E-state index contributed by atoms with van der Waals surface area (Å²) in [5.74, 6) is 0. The number of hydrogen-bond acceptors (Lipinski definition) is 2. The van der Waals surface area contributed by atoms with Gasteiger partial charge in [-0.2, -0.15) is 0 Å². The predicted octanol–water partition coefficient (Wildman–Crippen LogP) is 2.96. The molecule has 0 saturated carbocycles. The fraction of sp³-hybridized carbons (Fsp3) is 0. The molecule has 2 heteroatoms. The van der Waals surface area contributed by atoms with E-state index in [2.05, 4.69) is 0 Å². The molecule has 17 heavy (non-hydrogen) atoms. The van der Waals surface area contributed by atoms with E-state index in [1.807, 2.05) is 36.4 Å². The van der Waals surface area contributed by atoms with Gasteiger partial charge < -0.3 is 5.73 Å². The molecule has 0 aliphatic heterocycles. The molecular weight excluding hydrogens is 210 g/mol. The third-order valence-corrected chi connectivity index (χ3v) is 3.47. The van der Waals surface area contributed by atoms with Crippen molar-refractivity contribution in [2.24, 2.45) is 0 Å². The van der Waals surface area contributed by atoms with Crippen molar-refractivity contribution in [3.05, 3.63) is 52.7 Å². The zero-order valence-corrected chi connectivity index (χ0v) is 9.03. The smallest absolute Gasteiger partial charge is 0.194 e. The highest BCUT2D eigenvalue weighted by Gasteiger charge is 2.14. The lowest BCUT2D eigenvalue weighted by molar-refractivity contribution is 1.78. The Morgan fingerprint density at radius 2 is 1.59 bits per heavy atom. The molecular formula is C15H9NO. The summed E-state index contributed by atoms with van der Waals surface area (Å²) in [4.78, 5) is 12.3. The lowest BCUT2D eigenvalue weighted by atomic mass is 10.0. The van der Waals surface area contributed by atoms with Crippen LogP contribution >= 0.6 is 0 Å². The van der Waals surface area contributed by atoms with Gasteiger partial charge in [0.15, 0.2) is 5.43 Å². The Bertz CT molecular complexity index is 911. The van der Waals surface area contributed by atoms with Crippen molar-refractivity contribution in [3.63, 3.8) is 0 Å². The average molecular weight is 219 g/mol. The van der Waals surface area contributed by atoms with E-state index in [1.54, 1.807) is 6.07 Å². The van der Waals surface area contributed by atoms with Gasteiger partial charge in [0, 0.05) is 27.2 Å². The molecule has 0 amide bonds. The van der Waals surface area contributed by atoms with E-state index in [0.29, 0.717) is 5.69 Å². The second kappa shape index (κ2) is 2.66. The Morgan fingerprint density at radius 3 is 2.47 bits per heavy atom. The molecule has 0 spiro atoms. The van der Waals surface area contributed by atoms with E-state index in [0.717, 1.165) is 32.3 Å². The fourth-order valence-corrected chi connectivity index (χ4v) is 2.78. The van der Waals surface area contributed by atoms with Gasteiger partial charge in [-0.3, -0.25) is 4.79 Å². The molecule has 4 aromatic carbocycles. The zero-order chi connectivity index (χ0) is 11.6. The van der Waals surface area contributed by atoms with E-state index in [1.165, 1.54) is 0 Å². The first-order chi connectivity index (χ1) is 8.25. The van der Waals surface area contributed by atoms with Gasteiger partial charge in [-0.1, -0.05) is 30.3 Å². The molecule has 0 atom stereocenters. The van der Waals surface area contributed by atoms with Gasteiger partial charge in [0.25, 0.3) is 0 Å². The first-order valence-electron chi connectivity index (χ1n) is 5.55. The topological polar surface area (TPSA) is 43.1 Å². The maximum Gasteiger partial charge on any atom is 0.194 e. The Labute approximate surface area is 96.9 Å². The SMILES string of the molecule is Nc1cc2ccc3cccc4c(=O)c(c1)c2c34. The van der Waals surface area contributed by atoms with Gasteiger partial charge in [0.1, 0.15) is 0 Å². The molecule has 80 valence electrons. The molecule has 0 saturated heterocycles. The van der Waals surface area contributed by atoms with E-state index < -0.39 is 0 Å². The fourth-order valence-electron chi connectivity index (χ4n) is 2.78. The van der Waals surface area contributed by atoms with Crippen LogP contribution in [0.4, 0.5) is 5.69 Å². The van der Waals surface area contributed by atoms with E-state index in [9.17, 15) is 4.79 Å². The molecule has 2 N–H and O–H groups in total. The van der Waals surface area contributed by atoms with Crippen molar-refractivity contribution in [1.29, 1.82) is 0 Å². The lowest BCUT2D eigenvalue weighted by Gasteiger charge is -2.02. The van der Waals surface area contributed by atoms with Crippen LogP contribution in [0.2, 0.25) is 0 Å². The summed E-state index contributed by atoms with van der Waals surface area (Å²) < 4.78 is 0. The molecule has 4 rings (SSSR count). The summed E-state index contributed by atoms with van der Waals surface area (Å²) in [6.45, 7) is 0. The Kier molecular flexibility index (Phi) is 1.37. The second-order valence-corrected chi connectivity index (χ2v) is 4.46. The predicted molar refractivity (Wildman–Crippen MR) is 72.0 cm³/mol. The van der Waals surface area contributed by atoms with Crippen molar-refractivity contribution < 1.29 is 0 Å². The van der Waals surface area contributed by atoms with Crippen LogP contribution in [0.5, 0.6) is 0 Å². The van der Waals surface area contributed by atoms with E-state index in [4.69, 9.17) is 5.73 Å². The van der Waals surface area contributed by atoms with Crippen molar-refractivity contribution >= 4 is 38.0 Å². The standard InChI is InChI=1S/C15H9NO/c16-10-6-9-5-4-8-2-1-3-11-13(8)14(9)12(7-10)15(11)17/h1-7H,16H2. The minimum absolute atomic E-state index is 0.0918. The zero-order valence-electron chi connectivity index (χ0n) is 9.03. The van der Waals surface area contributed by atoms with Crippen LogP contribution in [0.25, 0.3) is 32.3 Å². The van der Waals surface area contributed by atoms with Crippen LogP contribution in [0.15, 0.2) is 47.3 Å². The minimum Gasteiger partial charge on any atom is -0.399 e. The van der Waals surface area contributed by atoms with Crippen molar-refractivity contribution in [2.75, 3.05) is 5.73 Å². The van der Waals surface area contributed by atoms with E-state index in [-0.39, 0.29) is 5.43 Å². The molecule has 4 aromatic rings.